The molecule has 3 aromatic rings. The molecule has 5 nitrogen and oxygen atoms in total. The maximum atomic E-state index is 12.9. The Hall–Kier alpha value is -2.22. The number of thiophene rings is 1. The minimum atomic E-state index is -0.0878. The van der Waals surface area contributed by atoms with Crippen molar-refractivity contribution in [3.8, 4) is 9.88 Å². The zero-order chi connectivity index (χ0) is 20.4. The Balaban J connectivity index is 1.46. The number of likely N-dealkylation sites (N-methyl/N-ethyl adjacent to an activating group) is 1. The molecule has 1 aliphatic heterocycles. The van der Waals surface area contributed by atoms with Crippen LogP contribution in [0.2, 0.25) is 0 Å². The number of carbonyl (C=O) groups is 1. The lowest BCUT2D eigenvalue weighted by atomic mass is 10.1. The summed E-state index contributed by atoms with van der Waals surface area (Å²) in [4.78, 5) is 24.1. The number of nitrogens with zero attached hydrogens (tertiary/aromatic N) is 3. The normalized spacial score (nSPS) is 14.9. The summed E-state index contributed by atoms with van der Waals surface area (Å²) in [5.74, 6) is -0.0878. The van der Waals surface area contributed by atoms with Crippen molar-refractivity contribution in [2.24, 2.45) is 0 Å². The van der Waals surface area contributed by atoms with E-state index >= 15 is 0 Å². The van der Waals surface area contributed by atoms with Gasteiger partial charge in [-0.3, -0.25) is 4.79 Å². The number of benzene rings is 1. The molecule has 0 spiro atoms. The number of piperazine rings is 1. The Morgan fingerprint density at radius 3 is 2.62 bits per heavy atom. The molecule has 1 saturated heterocycles. The average Bonchev–Trinajstić information content (AvgIpc) is 3.39. The highest BCUT2D eigenvalue weighted by molar-refractivity contribution is 7.22. The Bertz CT molecular complexity index is 988. The molecule has 1 fully saturated rings. The first-order chi connectivity index (χ1) is 14.0. The van der Waals surface area contributed by atoms with Crippen molar-refractivity contribution in [3.05, 3.63) is 51.8 Å². The van der Waals surface area contributed by atoms with E-state index in [2.05, 4.69) is 46.1 Å². The summed E-state index contributed by atoms with van der Waals surface area (Å²) in [6.07, 6.45) is 0. The Labute approximate surface area is 180 Å². The predicted molar refractivity (Wildman–Crippen MR) is 124 cm³/mol. The number of aryl methyl sites for hydroxylation is 2. The molecule has 7 heteroatoms. The second-order valence-corrected chi connectivity index (χ2v) is 9.23. The minimum Gasteiger partial charge on any atom is -0.369 e. The van der Waals surface area contributed by atoms with Crippen LogP contribution in [-0.2, 0) is 0 Å². The molecule has 2 aromatic heterocycles. The van der Waals surface area contributed by atoms with Gasteiger partial charge < -0.3 is 15.1 Å². The number of nitrogens with one attached hydrogen (secondary N) is 1. The first kappa shape index (κ1) is 20.1. The van der Waals surface area contributed by atoms with Crippen LogP contribution in [0.4, 0.5) is 11.4 Å². The summed E-state index contributed by atoms with van der Waals surface area (Å²) in [5, 5.41) is 6.01. The zero-order valence-electron chi connectivity index (χ0n) is 17.1. The number of amides is 1. The third-order valence-electron chi connectivity index (χ3n) is 5.38. The first-order valence-corrected chi connectivity index (χ1v) is 11.7. The molecule has 152 valence electrons. The van der Waals surface area contributed by atoms with E-state index in [1.807, 2.05) is 30.5 Å². The van der Waals surface area contributed by atoms with E-state index in [9.17, 15) is 4.79 Å². The van der Waals surface area contributed by atoms with Crippen LogP contribution >= 0.6 is 22.7 Å². The summed E-state index contributed by atoms with van der Waals surface area (Å²) >= 11 is 3.09. The summed E-state index contributed by atoms with van der Waals surface area (Å²) in [6, 6.07) is 10.3. The lowest BCUT2D eigenvalue weighted by molar-refractivity contribution is 0.102. The summed E-state index contributed by atoms with van der Waals surface area (Å²) in [6.45, 7) is 11.6. The van der Waals surface area contributed by atoms with Gasteiger partial charge in [0.2, 0.25) is 0 Å². The Morgan fingerprint density at radius 1 is 1.17 bits per heavy atom. The monoisotopic (exact) mass is 426 g/mol. The van der Waals surface area contributed by atoms with Crippen LogP contribution in [0, 0.1) is 13.8 Å². The van der Waals surface area contributed by atoms with E-state index < -0.39 is 0 Å². The number of carbonyl (C=O) groups excluding carboxylic acids is 1. The number of rotatable bonds is 5. The fourth-order valence-electron chi connectivity index (χ4n) is 3.60. The number of thiazole rings is 1. The molecule has 0 saturated carbocycles. The molecular weight excluding hydrogens is 400 g/mol. The summed E-state index contributed by atoms with van der Waals surface area (Å²) in [5.41, 5.74) is 3.94. The molecule has 1 aromatic carbocycles. The van der Waals surface area contributed by atoms with Crippen molar-refractivity contribution in [1.29, 1.82) is 0 Å². The van der Waals surface area contributed by atoms with E-state index in [-0.39, 0.29) is 5.91 Å². The van der Waals surface area contributed by atoms with Gasteiger partial charge in [0.25, 0.3) is 5.91 Å². The third-order valence-corrected chi connectivity index (χ3v) is 7.57. The SMILES string of the molecule is CCN1CCN(c2ccc(NC(=O)c3sc(-c4cccs4)nc3C)c(C)c2)CC1. The predicted octanol–water partition coefficient (Wildman–Crippen LogP) is 4.88. The maximum absolute atomic E-state index is 12.9. The fourth-order valence-corrected chi connectivity index (χ4v) is 5.36. The summed E-state index contributed by atoms with van der Waals surface area (Å²) < 4.78 is 0. The molecule has 0 bridgehead atoms. The van der Waals surface area contributed by atoms with E-state index in [0.717, 1.165) is 59.6 Å². The summed E-state index contributed by atoms with van der Waals surface area (Å²) in [7, 11) is 0. The van der Waals surface area contributed by atoms with Crippen molar-refractivity contribution in [2.45, 2.75) is 20.8 Å². The lowest BCUT2D eigenvalue weighted by Gasteiger charge is -2.35. The van der Waals surface area contributed by atoms with E-state index in [4.69, 9.17) is 0 Å². The van der Waals surface area contributed by atoms with Crippen LogP contribution in [0.15, 0.2) is 35.7 Å². The van der Waals surface area contributed by atoms with Gasteiger partial charge in [0.05, 0.1) is 10.6 Å². The Morgan fingerprint density at radius 2 is 1.97 bits per heavy atom. The van der Waals surface area contributed by atoms with Crippen LogP contribution < -0.4 is 10.2 Å². The van der Waals surface area contributed by atoms with Crippen LogP contribution in [0.3, 0.4) is 0 Å². The molecule has 1 aliphatic rings. The van der Waals surface area contributed by atoms with Crippen LogP contribution in [0.25, 0.3) is 9.88 Å². The second-order valence-electron chi connectivity index (χ2n) is 7.29. The maximum Gasteiger partial charge on any atom is 0.267 e. The third kappa shape index (κ3) is 4.37. The van der Waals surface area contributed by atoms with Gasteiger partial charge in [-0.1, -0.05) is 13.0 Å². The second kappa shape index (κ2) is 8.65. The van der Waals surface area contributed by atoms with Gasteiger partial charge in [-0.05, 0) is 55.6 Å². The van der Waals surface area contributed by atoms with Crippen molar-refractivity contribution < 1.29 is 4.79 Å². The van der Waals surface area contributed by atoms with Gasteiger partial charge in [-0.2, -0.15) is 0 Å². The smallest absolute Gasteiger partial charge is 0.267 e. The van der Waals surface area contributed by atoms with Gasteiger partial charge in [-0.25, -0.2) is 4.98 Å². The molecular formula is C22H26N4OS2. The van der Waals surface area contributed by atoms with Gasteiger partial charge in [0.15, 0.2) is 0 Å². The van der Waals surface area contributed by atoms with Gasteiger partial charge in [0.1, 0.15) is 9.88 Å². The average molecular weight is 427 g/mol. The molecule has 4 rings (SSSR count). The fraction of sp³-hybridized carbons (Fsp3) is 0.364. The molecule has 3 heterocycles. The minimum absolute atomic E-state index is 0.0878. The zero-order valence-corrected chi connectivity index (χ0v) is 18.7. The lowest BCUT2D eigenvalue weighted by Crippen LogP contribution is -2.46. The molecule has 1 amide bonds. The standard InChI is InChI=1S/C22H26N4OS2/c1-4-25-9-11-26(12-10-25)17-7-8-18(15(2)14-17)24-21(27)20-16(3)23-22(29-20)19-6-5-13-28-19/h5-8,13-14H,4,9-12H2,1-3H3,(H,24,27). The number of hydrogen-bond acceptors (Lipinski definition) is 6. The van der Waals surface area contributed by atoms with E-state index in [1.54, 1.807) is 11.3 Å². The number of anilines is 2. The van der Waals surface area contributed by atoms with E-state index in [1.165, 1.54) is 17.0 Å². The highest BCUT2D eigenvalue weighted by Gasteiger charge is 2.19. The number of aromatic nitrogens is 1. The molecule has 0 unspecified atom stereocenters. The van der Waals surface area contributed by atoms with Gasteiger partial charge >= 0.3 is 0 Å². The van der Waals surface area contributed by atoms with Crippen molar-refractivity contribution in [1.82, 2.24) is 9.88 Å². The van der Waals surface area contributed by atoms with Crippen molar-refractivity contribution in [2.75, 3.05) is 42.9 Å². The molecule has 0 radical (unpaired) electrons. The van der Waals surface area contributed by atoms with Crippen LogP contribution in [0.5, 0.6) is 0 Å². The highest BCUT2D eigenvalue weighted by atomic mass is 32.1. The molecule has 0 atom stereocenters. The van der Waals surface area contributed by atoms with Crippen LogP contribution in [0.1, 0.15) is 27.9 Å². The first-order valence-electron chi connectivity index (χ1n) is 9.95. The highest BCUT2D eigenvalue weighted by Crippen LogP contribution is 2.32. The topological polar surface area (TPSA) is 48.5 Å². The van der Waals surface area contributed by atoms with Crippen molar-refractivity contribution >= 4 is 40.0 Å². The van der Waals surface area contributed by atoms with Gasteiger partial charge in [0, 0.05) is 37.6 Å². The van der Waals surface area contributed by atoms with Crippen LogP contribution in [-0.4, -0.2) is 48.5 Å². The molecule has 0 aliphatic carbocycles. The van der Waals surface area contributed by atoms with E-state index in [0.29, 0.717) is 4.88 Å². The molecule has 29 heavy (non-hydrogen) atoms. The largest absolute Gasteiger partial charge is 0.369 e. The van der Waals surface area contributed by atoms with Crippen molar-refractivity contribution in [3.63, 3.8) is 0 Å². The Kier molecular flexibility index (Phi) is 5.99. The van der Waals surface area contributed by atoms with Gasteiger partial charge in [-0.15, -0.1) is 22.7 Å². The quantitative estimate of drug-likeness (QED) is 0.631. The number of hydrogen-bond donors (Lipinski definition) is 1. The molecule has 1 N–H and O–H groups in total.